The van der Waals surface area contributed by atoms with E-state index in [0.717, 1.165) is 5.56 Å². The summed E-state index contributed by atoms with van der Waals surface area (Å²) < 4.78 is 0. The zero-order valence-electron chi connectivity index (χ0n) is 14.2. The van der Waals surface area contributed by atoms with Crippen LogP contribution in [0.2, 0.25) is 0 Å². The molecule has 0 saturated carbocycles. The van der Waals surface area contributed by atoms with E-state index in [1.807, 2.05) is 30.3 Å². The standard InChI is InChI=1S/C18H24N2O5.Na.H/c1-12(16(21)20-11-5-8-15(20)18(24)25)19-14(17(22)23)10-9-13-6-3-2-4-7-13;;/h2-4,6-7,12,14-15,19H,5,8-11H2,1H3,(H,22,23)(H,24,25);;/t12-,14-,15-;;/m0../s1. The summed E-state index contributed by atoms with van der Waals surface area (Å²) in [7, 11) is 0. The SMILES string of the molecule is C[C@H](N[C@@H](CCc1ccccc1)C(=O)O)C(=O)N1CCC[C@H]1C(=O)O.[NaH]. The van der Waals surface area contributed by atoms with Gasteiger partial charge >= 0.3 is 41.5 Å². The third kappa shape index (κ3) is 6.09. The number of amides is 1. The second-order valence-electron chi connectivity index (χ2n) is 6.33. The number of carbonyl (C=O) groups excluding carboxylic acids is 1. The van der Waals surface area contributed by atoms with Gasteiger partial charge in [0.05, 0.1) is 6.04 Å². The van der Waals surface area contributed by atoms with E-state index in [2.05, 4.69) is 5.32 Å². The van der Waals surface area contributed by atoms with Crippen LogP contribution in [0.5, 0.6) is 0 Å². The fourth-order valence-corrected chi connectivity index (χ4v) is 3.14. The summed E-state index contributed by atoms with van der Waals surface area (Å²) in [6, 6.07) is 7.09. The number of rotatable bonds is 8. The molecule has 8 heteroatoms. The van der Waals surface area contributed by atoms with Gasteiger partial charge in [-0.3, -0.25) is 14.9 Å². The molecule has 138 valence electrons. The molecule has 3 atom stereocenters. The Morgan fingerprint density at radius 3 is 2.46 bits per heavy atom. The van der Waals surface area contributed by atoms with Gasteiger partial charge < -0.3 is 15.1 Å². The summed E-state index contributed by atoms with van der Waals surface area (Å²) in [4.78, 5) is 36.5. The molecule has 0 aromatic heterocycles. The maximum atomic E-state index is 12.5. The molecule has 1 aliphatic heterocycles. The van der Waals surface area contributed by atoms with Crippen LogP contribution in [0.15, 0.2) is 30.3 Å². The van der Waals surface area contributed by atoms with Crippen molar-refractivity contribution in [1.82, 2.24) is 10.2 Å². The monoisotopic (exact) mass is 372 g/mol. The van der Waals surface area contributed by atoms with Gasteiger partial charge in [0.25, 0.3) is 0 Å². The number of hydrogen-bond acceptors (Lipinski definition) is 4. The minimum absolute atomic E-state index is 0. The van der Waals surface area contributed by atoms with Crippen molar-refractivity contribution in [2.24, 2.45) is 0 Å². The van der Waals surface area contributed by atoms with Crippen molar-refractivity contribution in [2.75, 3.05) is 6.54 Å². The average Bonchev–Trinajstić information content (AvgIpc) is 3.08. The van der Waals surface area contributed by atoms with Crippen LogP contribution in [0.1, 0.15) is 31.7 Å². The summed E-state index contributed by atoms with van der Waals surface area (Å²) in [6.45, 7) is 1.97. The molecule has 1 saturated heterocycles. The number of aliphatic carboxylic acids is 2. The van der Waals surface area contributed by atoms with Crippen molar-refractivity contribution < 1.29 is 24.6 Å². The van der Waals surface area contributed by atoms with Gasteiger partial charge in [0.15, 0.2) is 0 Å². The number of hydrogen-bond donors (Lipinski definition) is 3. The van der Waals surface area contributed by atoms with E-state index >= 15 is 0 Å². The van der Waals surface area contributed by atoms with Gasteiger partial charge in [0.1, 0.15) is 12.1 Å². The Kier molecular flexibility index (Phi) is 9.29. The Morgan fingerprint density at radius 1 is 1.23 bits per heavy atom. The Hall–Kier alpha value is -1.41. The van der Waals surface area contributed by atoms with Crippen LogP contribution in [0, 0.1) is 0 Å². The predicted octanol–water partition coefficient (Wildman–Crippen LogP) is 0.478. The number of aryl methyl sites for hydroxylation is 1. The Balaban J connectivity index is 0.00000338. The van der Waals surface area contributed by atoms with Gasteiger partial charge in [-0.2, -0.15) is 0 Å². The first-order valence-electron chi connectivity index (χ1n) is 8.46. The summed E-state index contributed by atoms with van der Waals surface area (Å²) in [5.41, 5.74) is 1.03. The molecular formula is C18H25N2NaO5. The van der Waals surface area contributed by atoms with Crippen molar-refractivity contribution in [1.29, 1.82) is 0 Å². The average molecular weight is 372 g/mol. The molecule has 7 nitrogen and oxygen atoms in total. The van der Waals surface area contributed by atoms with Gasteiger partial charge in [-0.15, -0.1) is 0 Å². The van der Waals surface area contributed by atoms with E-state index in [1.165, 1.54) is 4.90 Å². The normalized spacial score (nSPS) is 18.7. The molecule has 0 unspecified atom stereocenters. The Labute approximate surface area is 175 Å². The molecule has 1 amide bonds. The third-order valence-corrected chi connectivity index (χ3v) is 4.51. The molecule has 1 aliphatic rings. The maximum absolute atomic E-state index is 12.5. The van der Waals surface area contributed by atoms with Crippen LogP contribution in [0.4, 0.5) is 0 Å². The molecule has 2 rings (SSSR count). The fourth-order valence-electron chi connectivity index (χ4n) is 3.14. The van der Waals surface area contributed by atoms with Gasteiger partial charge in [-0.05, 0) is 38.2 Å². The quantitative estimate of drug-likeness (QED) is 0.573. The van der Waals surface area contributed by atoms with E-state index in [4.69, 9.17) is 0 Å². The summed E-state index contributed by atoms with van der Waals surface area (Å²) in [5.74, 6) is -2.40. The predicted molar refractivity (Wildman–Crippen MR) is 98.3 cm³/mol. The molecule has 1 aromatic rings. The van der Waals surface area contributed by atoms with Gasteiger partial charge in [-0.1, -0.05) is 30.3 Å². The van der Waals surface area contributed by atoms with Crippen LogP contribution in [-0.4, -0.2) is 87.2 Å². The summed E-state index contributed by atoms with van der Waals surface area (Å²) >= 11 is 0. The van der Waals surface area contributed by atoms with Crippen molar-refractivity contribution in [3.05, 3.63) is 35.9 Å². The number of carboxylic acids is 2. The second-order valence-corrected chi connectivity index (χ2v) is 6.33. The van der Waals surface area contributed by atoms with Crippen LogP contribution in [0.25, 0.3) is 0 Å². The molecule has 26 heavy (non-hydrogen) atoms. The van der Waals surface area contributed by atoms with Crippen LogP contribution < -0.4 is 5.32 Å². The molecule has 0 radical (unpaired) electrons. The zero-order chi connectivity index (χ0) is 18.4. The molecule has 1 aromatic carbocycles. The number of nitrogens with zero attached hydrogens (tertiary/aromatic N) is 1. The third-order valence-electron chi connectivity index (χ3n) is 4.51. The van der Waals surface area contributed by atoms with Crippen LogP contribution in [-0.2, 0) is 20.8 Å². The Bertz CT molecular complexity index is 625. The van der Waals surface area contributed by atoms with Crippen molar-refractivity contribution >= 4 is 47.4 Å². The molecule has 1 heterocycles. The molecule has 1 fully saturated rings. The van der Waals surface area contributed by atoms with E-state index in [-0.39, 0.29) is 35.5 Å². The molecule has 3 N–H and O–H groups in total. The number of benzene rings is 1. The van der Waals surface area contributed by atoms with Crippen LogP contribution in [0.3, 0.4) is 0 Å². The first-order chi connectivity index (χ1) is 11.9. The summed E-state index contributed by atoms with van der Waals surface area (Å²) in [5, 5.41) is 21.4. The van der Waals surface area contributed by atoms with Crippen molar-refractivity contribution in [2.45, 2.75) is 50.7 Å². The van der Waals surface area contributed by atoms with Gasteiger partial charge in [0, 0.05) is 6.54 Å². The number of nitrogens with one attached hydrogen (secondary N) is 1. The topological polar surface area (TPSA) is 107 Å². The van der Waals surface area contributed by atoms with Crippen LogP contribution >= 0.6 is 0 Å². The molecule has 0 bridgehead atoms. The molecule has 0 aliphatic carbocycles. The Morgan fingerprint density at radius 2 is 1.88 bits per heavy atom. The first kappa shape index (κ1) is 22.6. The van der Waals surface area contributed by atoms with Gasteiger partial charge in [0.2, 0.25) is 5.91 Å². The van der Waals surface area contributed by atoms with Gasteiger partial charge in [-0.25, -0.2) is 4.79 Å². The second kappa shape index (κ2) is 10.7. The fraction of sp³-hybridized carbons (Fsp3) is 0.500. The first-order valence-corrected chi connectivity index (χ1v) is 8.46. The van der Waals surface area contributed by atoms with Crippen molar-refractivity contribution in [3.8, 4) is 0 Å². The van der Waals surface area contributed by atoms with E-state index in [0.29, 0.717) is 32.2 Å². The summed E-state index contributed by atoms with van der Waals surface area (Å²) in [6.07, 6.45) is 2.00. The van der Waals surface area contributed by atoms with E-state index in [9.17, 15) is 24.6 Å². The number of carbonyl (C=O) groups is 3. The van der Waals surface area contributed by atoms with E-state index < -0.39 is 30.1 Å². The molecular weight excluding hydrogens is 347 g/mol. The van der Waals surface area contributed by atoms with E-state index in [1.54, 1.807) is 6.92 Å². The van der Waals surface area contributed by atoms with Crippen molar-refractivity contribution in [3.63, 3.8) is 0 Å². The number of carboxylic acid groups (broad SMARTS) is 2. The minimum atomic E-state index is -1.02. The number of likely N-dealkylation sites (tertiary alicyclic amines) is 1. The zero-order valence-corrected chi connectivity index (χ0v) is 14.2. The molecule has 0 spiro atoms.